The standard InChI is InChI=1S/C24H25N3O4/c1-15(2)19-12-20-18(14-30-21(20)10-16(19)3)11-23(28)29-9-5-7-22-26-24(27-31-22)17-6-4-8-25-13-17/h4,6,8,10,12-15H,5,7,9,11H2,1-3H3. The van der Waals surface area contributed by atoms with Crippen LogP contribution in [0, 0.1) is 6.92 Å². The number of hydrogen-bond acceptors (Lipinski definition) is 7. The van der Waals surface area contributed by atoms with Gasteiger partial charge in [0.1, 0.15) is 5.58 Å². The molecule has 0 aliphatic carbocycles. The highest BCUT2D eigenvalue weighted by Gasteiger charge is 2.15. The van der Waals surface area contributed by atoms with Crippen LogP contribution in [0.4, 0.5) is 0 Å². The van der Waals surface area contributed by atoms with E-state index in [0.29, 0.717) is 30.5 Å². The van der Waals surface area contributed by atoms with Crippen LogP contribution < -0.4 is 0 Å². The fourth-order valence-electron chi connectivity index (χ4n) is 3.59. The fourth-order valence-corrected chi connectivity index (χ4v) is 3.59. The first-order chi connectivity index (χ1) is 15.0. The van der Waals surface area contributed by atoms with Crippen LogP contribution in [-0.4, -0.2) is 27.7 Å². The molecule has 7 heteroatoms. The van der Waals surface area contributed by atoms with E-state index in [9.17, 15) is 4.79 Å². The number of fused-ring (bicyclic) bond motifs is 1. The van der Waals surface area contributed by atoms with E-state index in [1.165, 1.54) is 11.1 Å². The van der Waals surface area contributed by atoms with Gasteiger partial charge in [0.25, 0.3) is 0 Å². The maximum Gasteiger partial charge on any atom is 0.310 e. The highest BCUT2D eigenvalue weighted by Crippen LogP contribution is 2.29. The van der Waals surface area contributed by atoms with Crippen LogP contribution in [-0.2, 0) is 22.4 Å². The van der Waals surface area contributed by atoms with E-state index >= 15 is 0 Å². The zero-order valence-corrected chi connectivity index (χ0v) is 17.9. The summed E-state index contributed by atoms with van der Waals surface area (Å²) in [6.45, 7) is 6.68. The van der Waals surface area contributed by atoms with Gasteiger partial charge in [-0.2, -0.15) is 4.98 Å². The van der Waals surface area contributed by atoms with Gasteiger partial charge in [-0.15, -0.1) is 0 Å². The molecule has 0 N–H and O–H groups in total. The van der Waals surface area contributed by atoms with Gasteiger partial charge in [-0.1, -0.05) is 19.0 Å². The Morgan fingerprint density at radius 3 is 2.90 bits per heavy atom. The summed E-state index contributed by atoms with van der Waals surface area (Å²) in [6.07, 6.45) is 6.33. The van der Waals surface area contributed by atoms with Crippen LogP contribution in [0.15, 0.2) is 51.9 Å². The lowest BCUT2D eigenvalue weighted by Gasteiger charge is -2.10. The van der Waals surface area contributed by atoms with Gasteiger partial charge in [-0.3, -0.25) is 9.78 Å². The molecule has 3 aromatic heterocycles. The number of benzene rings is 1. The van der Waals surface area contributed by atoms with Gasteiger partial charge in [-0.05, 0) is 54.7 Å². The molecule has 0 radical (unpaired) electrons. The Kier molecular flexibility index (Phi) is 6.11. The van der Waals surface area contributed by atoms with E-state index in [0.717, 1.165) is 22.1 Å². The van der Waals surface area contributed by atoms with E-state index < -0.39 is 0 Å². The first kappa shape index (κ1) is 20.8. The van der Waals surface area contributed by atoms with E-state index in [4.69, 9.17) is 13.7 Å². The third-order valence-corrected chi connectivity index (χ3v) is 5.18. The van der Waals surface area contributed by atoms with Gasteiger partial charge >= 0.3 is 5.97 Å². The van der Waals surface area contributed by atoms with Gasteiger partial charge in [0.15, 0.2) is 0 Å². The fraction of sp³-hybridized carbons (Fsp3) is 0.333. The average Bonchev–Trinajstić information content (AvgIpc) is 3.38. The number of aryl methyl sites for hydroxylation is 2. The van der Waals surface area contributed by atoms with Gasteiger partial charge in [0, 0.05) is 35.3 Å². The van der Waals surface area contributed by atoms with Crippen molar-refractivity contribution in [3.8, 4) is 11.4 Å². The number of hydrogen-bond donors (Lipinski definition) is 0. The van der Waals surface area contributed by atoms with Gasteiger partial charge < -0.3 is 13.7 Å². The van der Waals surface area contributed by atoms with E-state index in [1.54, 1.807) is 18.7 Å². The predicted octanol–water partition coefficient (Wildman–Crippen LogP) is 5.03. The summed E-state index contributed by atoms with van der Waals surface area (Å²) in [6, 6.07) is 7.84. The van der Waals surface area contributed by atoms with Crippen molar-refractivity contribution >= 4 is 16.9 Å². The number of aromatic nitrogens is 3. The highest BCUT2D eigenvalue weighted by molar-refractivity contribution is 5.87. The lowest BCUT2D eigenvalue weighted by atomic mass is 9.95. The summed E-state index contributed by atoms with van der Waals surface area (Å²) in [5, 5.41) is 4.93. The molecule has 4 rings (SSSR count). The van der Waals surface area contributed by atoms with Crippen molar-refractivity contribution in [2.24, 2.45) is 0 Å². The second-order valence-electron chi connectivity index (χ2n) is 7.87. The second kappa shape index (κ2) is 9.12. The first-order valence-corrected chi connectivity index (χ1v) is 10.4. The van der Waals surface area contributed by atoms with E-state index in [-0.39, 0.29) is 19.0 Å². The number of carbonyl (C=O) groups is 1. The molecule has 0 aliphatic heterocycles. The Hall–Kier alpha value is -3.48. The third-order valence-electron chi connectivity index (χ3n) is 5.18. The molecule has 0 spiro atoms. The topological polar surface area (TPSA) is 91.2 Å². The molecule has 3 heterocycles. The third kappa shape index (κ3) is 4.82. The molecule has 0 amide bonds. The SMILES string of the molecule is Cc1cc2occ(CC(=O)OCCCc3nc(-c4cccnc4)no3)c2cc1C(C)C. The van der Waals surface area contributed by atoms with Crippen molar-refractivity contribution in [3.63, 3.8) is 0 Å². The number of pyridine rings is 1. The maximum atomic E-state index is 12.3. The second-order valence-corrected chi connectivity index (χ2v) is 7.87. The molecule has 0 atom stereocenters. The van der Waals surface area contributed by atoms with Crippen molar-refractivity contribution in [3.05, 3.63) is 65.5 Å². The smallest absolute Gasteiger partial charge is 0.310 e. The number of rotatable bonds is 8. The summed E-state index contributed by atoms with van der Waals surface area (Å²) in [5.41, 5.74) is 4.89. The molecule has 4 aromatic rings. The van der Waals surface area contributed by atoms with Crippen LogP contribution in [0.25, 0.3) is 22.4 Å². The lowest BCUT2D eigenvalue weighted by molar-refractivity contribution is -0.142. The Bertz CT molecular complexity index is 1180. The minimum Gasteiger partial charge on any atom is -0.465 e. The van der Waals surface area contributed by atoms with Crippen molar-refractivity contribution in [2.45, 2.75) is 46.0 Å². The summed E-state index contributed by atoms with van der Waals surface area (Å²) >= 11 is 0. The summed E-state index contributed by atoms with van der Waals surface area (Å²) < 4.78 is 16.3. The quantitative estimate of drug-likeness (QED) is 0.292. The summed E-state index contributed by atoms with van der Waals surface area (Å²) in [7, 11) is 0. The molecule has 7 nitrogen and oxygen atoms in total. The number of nitrogens with zero attached hydrogens (tertiary/aromatic N) is 3. The van der Waals surface area contributed by atoms with Crippen LogP contribution in [0.2, 0.25) is 0 Å². The molecule has 0 saturated heterocycles. The summed E-state index contributed by atoms with van der Waals surface area (Å²) in [4.78, 5) is 20.7. The monoisotopic (exact) mass is 419 g/mol. The Morgan fingerprint density at radius 1 is 1.26 bits per heavy atom. The molecule has 0 fully saturated rings. The minimum absolute atomic E-state index is 0.180. The van der Waals surface area contributed by atoms with E-state index in [2.05, 4.69) is 42.0 Å². The predicted molar refractivity (Wildman–Crippen MR) is 116 cm³/mol. The molecule has 160 valence electrons. The number of esters is 1. The zero-order chi connectivity index (χ0) is 21.8. The number of ether oxygens (including phenoxy) is 1. The van der Waals surface area contributed by atoms with Crippen LogP contribution >= 0.6 is 0 Å². The Labute approximate surface area is 180 Å². The summed E-state index contributed by atoms with van der Waals surface area (Å²) in [5.74, 6) is 1.13. The molecule has 0 saturated carbocycles. The average molecular weight is 419 g/mol. The first-order valence-electron chi connectivity index (χ1n) is 10.4. The van der Waals surface area contributed by atoms with Crippen LogP contribution in [0.3, 0.4) is 0 Å². The molecular formula is C24H25N3O4. The van der Waals surface area contributed by atoms with Gasteiger partial charge in [-0.25, -0.2) is 0 Å². The largest absolute Gasteiger partial charge is 0.465 e. The normalized spacial score (nSPS) is 11.4. The highest BCUT2D eigenvalue weighted by atomic mass is 16.5. The van der Waals surface area contributed by atoms with Crippen LogP contribution in [0.5, 0.6) is 0 Å². The van der Waals surface area contributed by atoms with Gasteiger partial charge in [0.2, 0.25) is 11.7 Å². The molecule has 0 aliphatic rings. The molecular weight excluding hydrogens is 394 g/mol. The maximum absolute atomic E-state index is 12.3. The molecule has 1 aromatic carbocycles. The Balaban J connectivity index is 1.29. The van der Waals surface area contributed by atoms with Crippen molar-refractivity contribution in [1.29, 1.82) is 0 Å². The van der Waals surface area contributed by atoms with Crippen molar-refractivity contribution < 1.29 is 18.5 Å². The zero-order valence-electron chi connectivity index (χ0n) is 17.9. The van der Waals surface area contributed by atoms with Crippen molar-refractivity contribution in [1.82, 2.24) is 15.1 Å². The number of carbonyl (C=O) groups excluding carboxylic acids is 1. The lowest BCUT2D eigenvalue weighted by Crippen LogP contribution is -2.09. The van der Waals surface area contributed by atoms with Crippen molar-refractivity contribution in [2.75, 3.05) is 6.61 Å². The van der Waals surface area contributed by atoms with Gasteiger partial charge in [0.05, 0.1) is 19.3 Å². The molecule has 0 unspecified atom stereocenters. The van der Waals surface area contributed by atoms with E-state index in [1.807, 2.05) is 18.2 Å². The molecule has 0 bridgehead atoms. The number of furan rings is 1. The Morgan fingerprint density at radius 2 is 2.13 bits per heavy atom. The van der Waals surface area contributed by atoms with Crippen LogP contribution in [0.1, 0.15) is 48.8 Å². The minimum atomic E-state index is -0.282. The molecule has 31 heavy (non-hydrogen) atoms.